The van der Waals surface area contributed by atoms with Crippen molar-refractivity contribution in [3.8, 4) is 0 Å². The van der Waals surface area contributed by atoms with Crippen LogP contribution in [0.3, 0.4) is 0 Å². The number of nitrogens with zero attached hydrogens (tertiary/aromatic N) is 3. The minimum absolute atomic E-state index is 0.460. The summed E-state index contributed by atoms with van der Waals surface area (Å²) in [5.41, 5.74) is 1.30. The molecule has 0 saturated carbocycles. The first-order chi connectivity index (χ1) is 9.58. The van der Waals surface area contributed by atoms with Crippen molar-refractivity contribution < 1.29 is 0 Å². The van der Waals surface area contributed by atoms with Crippen LogP contribution in [-0.2, 0) is 6.54 Å². The zero-order valence-electron chi connectivity index (χ0n) is 13.7. The van der Waals surface area contributed by atoms with Crippen LogP contribution in [0, 0.1) is 0 Å². The third-order valence-corrected chi connectivity index (χ3v) is 3.36. The highest BCUT2D eigenvalue weighted by Crippen LogP contribution is 2.16. The molecular weight excluding hydrogens is 248 g/mol. The van der Waals surface area contributed by atoms with Gasteiger partial charge >= 0.3 is 0 Å². The van der Waals surface area contributed by atoms with Crippen molar-refractivity contribution in [3.63, 3.8) is 0 Å². The molecule has 1 aromatic heterocycles. The Kier molecular flexibility index (Phi) is 7.55. The van der Waals surface area contributed by atoms with Gasteiger partial charge in [0.15, 0.2) is 0 Å². The standard InChI is InChI=1S/C16H30N4/c1-6-9-17-12-15-8-10-18-16(11-15)20(7-2)14(3)13-19(4)5/h8,10-11,14,17H,6-7,9,12-13H2,1-5H3. The van der Waals surface area contributed by atoms with Gasteiger partial charge < -0.3 is 15.1 Å². The van der Waals surface area contributed by atoms with Crippen molar-refractivity contribution in [3.05, 3.63) is 23.9 Å². The summed E-state index contributed by atoms with van der Waals surface area (Å²) in [6, 6.07) is 4.76. The first-order valence-corrected chi connectivity index (χ1v) is 7.65. The van der Waals surface area contributed by atoms with Crippen LogP contribution < -0.4 is 10.2 Å². The predicted octanol–water partition coefficient (Wildman–Crippen LogP) is 2.36. The van der Waals surface area contributed by atoms with Crippen LogP contribution in [0.2, 0.25) is 0 Å². The minimum Gasteiger partial charge on any atom is -0.353 e. The monoisotopic (exact) mass is 278 g/mol. The molecule has 0 aromatic carbocycles. The summed E-state index contributed by atoms with van der Waals surface area (Å²) < 4.78 is 0. The SMILES string of the molecule is CCCNCc1ccnc(N(CC)C(C)CN(C)C)c1. The van der Waals surface area contributed by atoms with Gasteiger partial charge in [-0.2, -0.15) is 0 Å². The van der Waals surface area contributed by atoms with E-state index in [1.165, 1.54) is 12.0 Å². The molecule has 1 rings (SSSR count). The lowest BCUT2D eigenvalue weighted by atomic mass is 10.2. The fraction of sp³-hybridized carbons (Fsp3) is 0.688. The molecule has 0 spiro atoms. The van der Waals surface area contributed by atoms with E-state index in [1.807, 2.05) is 6.20 Å². The molecule has 0 aliphatic carbocycles. The van der Waals surface area contributed by atoms with Gasteiger partial charge in [0.25, 0.3) is 0 Å². The Labute approximate surface area is 124 Å². The Bertz CT molecular complexity index is 378. The summed E-state index contributed by atoms with van der Waals surface area (Å²) in [6.07, 6.45) is 3.09. The number of likely N-dealkylation sites (N-methyl/N-ethyl adjacent to an activating group) is 2. The molecule has 1 aromatic rings. The van der Waals surface area contributed by atoms with E-state index in [0.717, 1.165) is 32.0 Å². The molecule has 4 nitrogen and oxygen atoms in total. The molecule has 1 unspecified atom stereocenters. The van der Waals surface area contributed by atoms with E-state index in [0.29, 0.717) is 6.04 Å². The fourth-order valence-electron chi connectivity index (χ4n) is 2.46. The zero-order chi connectivity index (χ0) is 15.0. The van der Waals surface area contributed by atoms with E-state index in [4.69, 9.17) is 0 Å². The summed E-state index contributed by atoms with van der Waals surface area (Å²) in [6.45, 7) is 10.6. The van der Waals surface area contributed by atoms with Gasteiger partial charge in [0.1, 0.15) is 5.82 Å². The van der Waals surface area contributed by atoms with Gasteiger partial charge in [-0.25, -0.2) is 4.98 Å². The van der Waals surface area contributed by atoms with Crippen LogP contribution >= 0.6 is 0 Å². The minimum atomic E-state index is 0.460. The molecule has 0 aliphatic heterocycles. The lowest BCUT2D eigenvalue weighted by Crippen LogP contribution is -2.40. The Morgan fingerprint density at radius 3 is 2.65 bits per heavy atom. The van der Waals surface area contributed by atoms with Gasteiger partial charge in [-0.15, -0.1) is 0 Å². The van der Waals surface area contributed by atoms with Crippen LogP contribution in [0.4, 0.5) is 5.82 Å². The molecule has 0 aliphatic rings. The van der Waals surface area contributed by atoms with Gasteiger partial charge in [-0.1, -0.05) is 6.92 Å². The van der Waals surface area contributed by atoms with Crippen LogP contribution in [-0.4, -0.2) is 49.7 Å². The maximum absolute atomic E-state index is 4.55. The molecule has 20 heavy (non-hydrogen) atoms. The Hall–Kier alpha value is -1.13. The quantitative estimate of drug-likeness (QED) is 0.703. The first kappa shape index (κ1) is 16.9. The molecule has 1 heterocycles. The summed E-state index contributed by atoms with van der Waals surface area (Å²) >= 11 is 0. The fourth-order valence-corrected chi connectivity index (χ4v) is 2.46. The maximum Gasteiger partial charge on any atom is 0.129 e. The summed E-state index contributed by atoms with van der Waals surface area (Å²) in [5.74, 6) is 1.08. The third kappa shape index (κ3) is 5.47. The van der Waals surface area contributed by atoms with E-state index in [2.05, 4.69) is 67.1 Å². The molecule has 1 atom stereocenters. The highest BCUT2D eigenvalue weighted by molar-refractivity contribution is 5.42. The molecular formula is C16H30N4. The van der Waals surface area contributed by atoms with Gasteiger partial charge in [0, 0.05) is 31.9 Å². The van der Waals surface area contributed by atoms with Gasteiger partial charge in [0.2, 0.25) is 0 Å². The third-order valence-electron chi connectivity index (χ3n) is 3.36. The van der Waals surface area contributed by atoms with Crippen LogP contribution in [0.1, 0.15) is 32.8 Å². The number of pyridine rings is 1. The molecule has 0 amide bonds. The summed E-state index contributed by atoms with van der Waals surface area (Å²) in [7, 11) is 4.23. The van der Waals surface area contributed by atoms with Gasteiger partial charge in [-0.3, -0.25) is 0 Å². The topological polar surface area (TPSA) is 31.4 Å². The lowest BCUT2D eigenvalue weighted by Gasteiger charge is -2.31. The Morgan fingerprint density at radius 1 is 1.30 bits per heavy atom. The second kappa shape index (κ2) is 8.93. The molecule has 4 heteroatoms. The molecule has 1 N–H and O–H groups in total. The summed E-state index contributed by atoms with van der Waals surface area (Å²) in [5, 5.41) is 3.44. The normalized spacial score (nSPS) is 12.7. The number of anilines is 1. The van der Waals surface area contributed by atoms with Crippen LogP contribution in [0.25, 0.3) is 0 Å². The highest BCUT2D eigenvalue weighted by atomic mass is 15.2. The molecule has 0 saturated heterocycles. The Morgan fingerprint density at radius 2 is 2.05 bits per heavy atom. The predicted molar refractivity (Wildman–Crippen MR) is 87.3 cm³/mol. The first-order valence-electron chi connectivity index (χ1n) is 7.65. The van der Waals surface area contributed by atoms with Crippen molar-refractivity contribution in [1.29, 1.82) is 0 Å². The molecule has 0 bridgehead atoms. The van der Waals surface area contributed by atoms with Gasteiger partial charge in [0.05, 0.1) is 0 Å². The van der Waals surface area contributed by atoms with E-state index in [1.54, 1.807) is 0 Å². The smallest absolute Gasteiger partial charge is 0.129 e. The van der Waals surface area contributed by atoms with E-state index in [-0.39, 0.29) is 0 Å². The maximum atomic E-state index is 4.55. The second-order valence-electron chi connectivity index (χ2n) is 5.60. The largest absolute Gasteiger partial charge is 0.353 e. The average Bonchev–Trinajstić information content (AvgIpc) is 2.39. The summed E-state index contributed by atoms with van der Waals surface area (Å²) in [4.78, 5) is 9.13. The number of hydrogen-bond donors (Lipinski definition) is 1. The molecule has 0 radical (unpaired) electrons. The Balaban J connectivity index is 2.74. The van der Waals surface area contributed by atoms with Gasteiger partial charge in [-0.05, 0) is 58.6 Å². The number of aromatic nitrogens is 1. The van der Waals surface area contributed by atoms with Crippen molar-refractivity contribution in [2.24, 2.45) is 0 Å². The van der Waals surface area contributed by atoms with Crippen molar-refractivity contribution >= 4 is 5.82 Å². The lowest BCUT2D eigenvalue weighted by molar-refractivity contribution is 0.372. The average molecular weight is 278 g/mol. The van der Waals surface area contributed by atoms with Crippen molar-refractivity contribution in [2.45, 2.75) is 39.8 Å². The molecule has 114 valence electrons. The zero-order valence-corrected chi connectivity index (χ0v) is 13.7. The van der Waals surface area contributed by atoms with Crippen LogP contribution in [0.15, 0.2) is 18.3 Å². The van der Waals surface area contributed by atoms with E-state index >= 15 is 0 Å². The second-order valence-corrected chi connectivity index (χ2v) is 5.60. The number of hydrogen-bond acceptors (Lipinski definition) is 4. The number of rotatable bonds is 9. The van der Waals surface area contributed by atoms with Crippen molar-refractivity contribution in [1.82, 2.24) is 15.2 Å². The van der Waals surface area contributed by atoms with E-state index < -0.39 is 0 Å². The van der Waals surface area contributed by atoms with Crippen LogP contribution in [0.5, 0.6) is 0 Å². The van der Waals surface area contributed by atoms with E-state index in [9.17, 15) is 0 Å². The van der Waals surface area contributed by atoms with Crippen molar-refractivity contribution in [2.75, 3.05) is 38.6 Å². The molecule has 0 fully saturated rings. The highest BCUT2D eigenvalue weighted by Gasteiger charge is 2.14. The number of nitrogens with one attached hydrogen (secondary N) is 1.